The van der Waals surface area contributed by atoms with Crippen molar-refractivity contribution in [3.8, 4) is 0 Å². The summed E-state index contributed by atoms with van der Waals surface area (Å²) in [6.07, 6.45) is 2.51. The summed E-state index contributed by atoms with van der Waals surface area (Å²) in [6.45, 7) is 3.40. The highest BCUT2D eigenvalue weighted by Gasteiger charge is 2.20. The van der Waals surface area contributed by atoms with Crippen molar-refractivity contribution < 1.29 is 9.53 Å². The van der Waals surface area contributed by atoms with E-state index in [1.807, 2.05) is 44.3 Å². The molecule has 0 fully saturated rings. The Hall–Kier alpha value is -2.05. The number of hydrogen-bond acceptors (Lipinski definition) is 3. The van der Waals surface area contributed by atoms with Gasteiger partial charge in [-0.25, -0.2) is 4.79 Å². The first-order valence-corrected chi connectivity index (χ1v) is 8.70. The maximum Gasteiger partial charge on any atom is 0.318 e. The van der Waals surface area contributed by atoms with E-state index in [2.05, 4.69) is 10.4 Å². The molecule has 0 saturated heterocycles. The molecule has 0 saturated carbocycles. The van der Waals surface area contributed by atoms with Crippen LogP contribution in [0.5, 0.6) is 0 Å². The Morgan fingerprint density at radius 2 is 2.16 bits per heavy atom. The van der Waals surface area contributed by atoms with Crippen LogP contribution in [-0.2, 0) is 18.3 Å². The third-order valence-corrected chi connectivity index (χ3v) is 4.46. The number of nitrogens with zero attached hydrogens (tertiary/aromatic N) is 3. The smallest absolute Gasteiger partial charge is 0.318 e. The first-order valence-electron chi connectivity index (χ1n) is 8.32. The number of carbonyl (C=O) groups is 1. The number of rotatable bonds is 8. The number of nitrogens with one attached hydrogen (secondary N) is 1. The Morgan fingerprint density at radius 3 is 2.76 bits per heavy atom. The summed E-state index contributed by atoms with van der Waals surface area (Å²) < 4.78 is 6.92. The fraction of sp³-hybridized carbons (Fsp3) is 0.444. The molecule has 0 spiro atoms. The second kappa shape index (κ2) is 9.44. The minimum absolute atomic E-state index is 0.101. The average molecular weight is 365 g/mol. The van der Waals surface area contributed by atoms with E-state index in [0.717, 1.165) is 17.7 Å². The van der Waals surface area contributed by atoms with E-state index >= 15 is 0 Å². The Balaban J connectivity index is 2.12. The highest BCUT2D eigenvalue weighted by atomic mass is 35.5. The molecular weight excluding hydrogens is 340 g/mol. The lowest BCUT2D eigenvalue weighted by atomic mass is 10.1. The largest absolute Gasteiger partial charge is 0.383 e. The van der Waals surface area contributed by atoms with Crippen LogP contribution < -0.4 is 5.32 Å². The summed E-state index contributed by atoms with van der Waals surface area (Å²) in [5, 5.41) is 7.92. The quantitative estimate of drug-likeness (QED) is 0.781. The van der Waals surface area contributed by atoms with Crippen molar-refractivity contribution in [3.63, 3.8) is 0 Å². The first kappa shape index (κ1) is 19.3. The number of amides is 2. The van der Waals surface area contributed by atoms with Gasteiger partial charge in [0.15, 0.2) is 0 Å². The van der Waals surface area contributed by atoms with Crippen LogP contribution in [0.2, 0.25) is 5.02 Å². The minimum atomic E-state index is -0.148. The molecule has 6 nitrogen and oxygen atoms in total. The summed E-state index contributed by atoms with van der Waals surface area (Å²) in [7, 11) is 3.49. The van der Waals surface area contributed by atoms with Crippen molar-refractivity contribution in [2.45, 2.75) is 25.9 Å². The van der Waals surface area contributed by atoms with Crippen molar-refractivity contribution in [2.24, 2.45) is 7.05 Å². The van der Waals surface area contributed by atoms with E-state index in [1.165, 1.54) is 0 Å². The lowest BCUT2D eigenvalue weighted by molar-refractivity contribution is 0.144. The van der Waals surface area contributed by atoms with Crippen LogP contribution in [0.25, 0.3) is 0 Å². The lowest BCUT2D eigenvalue weighted by Gasteiger charge is -2.26. The van der Waals surface area contributed by atoms with Crippen molar-refractivity contribution in [1.82, 2.24) is 20.0 Å². The molecule has 1 aromatic carbocycles. The molecule has 0 radical (unpaired) electrons. The summed E-state index contributed by atoms with van der Waals surface area (Å²) in [5.41, 5.74) is 1.88. The predicted octanol–water partition coefficient (Wildman–Crippen LogP) is 3.38. The molecular formula is C18H25ClN4O2. The number of methoxy groups -OCH3 is 1. The van der Waals surface area contributed by atoms with Crippen molar-refractivity contribution in [1.29, 1.82) is 0 Å². The van der Waals surface area contributed by atoms with Gasteiger partial charge in [-0.2, -0.15) is 5.10 Å². The average Bonchev–Trinajstić information content (AvgIpc) is 3.03. The molecule has 7 heteroatoms. The molecule has 2 aromatic rings. The number of carbonyl (C=O) groups excluding carboxylic acids is 1. The van der Waals surface area contributed by atoms with Gasteiger partial charge < -0.3 is 15.0 Å². The van der Waals surface area contributed by atoms with Crippen LogP contribution in [0.3, 0.4) is 0 Å². The van der Waals surface area contributed by atoms with E-state index in [0.29, 0.717) is 24.7 Å². The molecule has 2 amide bonds. The van der Waals surface area contributed by atoms with Crippen LogP contribution in [0.15, 0.2) is 36.5 Å². The van der Waals surface area contributed by atoms with Gasteiger partial charge in [-0.05, 0) is 24.1 Å². The van der Waals surface area contributed by atoms with E-state index < -0.39 is 0 Å². The van der Waals surface area contributed by atoms with Gasteiger partial charge in [0.1, 0.15) is 0 Å². The number of ether oxygens (including phenoxy) is 1. The molecule has 25 heavy (non-hydrogen) atoms. The second-order valence-corrected chi connectivity index (χ2v) is 6.20. The number of aromatic nitrogens is 2. The van der Waals surface area contributed by atoms with Gasteiger partial charge in [0, 0.05) is 38.5 Å². The second-order valence-electron chi connectivity index (χ2n) is 5.80. The third-order valence-electron chi connectivity index (χ3n) is 4.09. The van der Waals surface area contributed by atoms with Gasteiger partial charge in [-0.1, -0.05) is 36.7 Å². The van der Waals surface area contributed by atoms with Gasteiger partial charge in [0.2, 0.25) is 0 Å². The van der Waals surface area contributed by atoms with Crippen LogP contribution in [0.1, 0.15) is 30.6 Å². The van der Waals surface area contributed by atoms with Crippen molar-refractivity contribution in [3.05, 3.63) is 52.8 Å². The summed E-state index contributed by atoms with van der Waals surface area (Å²) in [6, 6.07) is 9.21. The van der Waals surface area contributed by atoms with Gasteiger partial charge in [0.25, 0.3) is 0 Å². The standard InChI is InChI=1S/C18H25ClN4O2/c1-4-16(17-9-10-20-22(17)2)21-18(24)23(11-12-25-3)13-14-7-5-6-8-15(14)19/h5-10,16H,4,11-13H2,1-3H3,(H,21,24). The van der Waals surface area contributed by atoms with E-state index in [4.69, 9.17) is 16.3 Å². The highest BCUT2D eigenvalue weighted by Crippen LogP contribution is 2.19. The number of hydrogen-bond donors (Lipinski definition) is 1. The van der Waals surface area contributed by atoms with Gasteiger partial charge in [0.05, 0.1) is 18.3 Å². The topological polar surface area (TPSA) is 59.4 Å². The molecule has 0 aliphatic rings. The minimum Gasteiger partial charge on any atom is -0.383 e. The van der Waals surface area contributed by atoms with E-state index in [1.54, 1.807) is 22.9 Å². The lowest BCUT2D eigenvalue weighted by Crippen LogP contribution is -2.43. The third kappa shape index (κ3) is 5.21. The van der Waals surface area contributed by atoms with Crippen LogP contribution >= 0.6 is 11.6 Å². The number of urea groups is 1. The van der Waals surface area contributed by atoms with Crippen molar-refractivity contribution >= 4 is 17.6 Å². The molecule has 1 atom stereocenters. The number of aryl methyl sites for hydroxylation is 1. The SMILES string of the molecule is CCC(NC(=O)N(CCOC)Cc1ccccc1Cl)c1ccnn1C. The molecule has 0 bridgehead atoms. The van der Waals surface area contributed by atoms with Crippen LogP contribution in [0.4, 0.5) is 4.79 Å². The molecule has 0 aliphatic carbocycles. The monoisotopic (exact) mass is 364 g/mol. The molecule has 0 aliphatic heterocycles. The molecule has 1 heterocycles. The molecule has 2 rings (SSSR count). The normalized spacial score (nSPS) is 12.0. The van der Waals surface area contributed by atoms with Crippen LogP contribution in [0, 0.1) is 0 Å². The Kier molecular flexibility index (Phi) is 7.28. The zero-order valence-electron chi connectivity index (χ0n) is 14.9. The molecule has 1 N–H and O–H groups in total. The Labute approximate surface area is 153 Å². The highest BCUT2D eigenvalue weighted by molar-refractivity contribution is 6.31. The number of halogens is 1. The van der Waals surface area contributed by atoms with Gasteiger partial charge in [-0.15, -0.1) is 0 Å². The van der Waals surface area contributed by atoms with E-state index in [-0.39, 0.29) is 12.1 Å². The summed E-state index contributed by atoms with van der Waals surface area (Å²) >= 11 is 6.24. The van der Waals surface area contributed by atoms with Gasteiger partial charge in [-0.3, -0.25) is 4.68 Å². The zero-order chi connectivity index (χ0) is 18.2. The maximum absolute atomic E-state index is 12.8. The predicted molar refractivity (Wildman–Crippen MR) is 98.5 cm³/mol. The van der Waals surface area contributed by atoms with Gasteiger partial charge >= 0.3 is 6.03 Å². The van der Waals surface area contributed by atoms with E-state index in [9.17, 15) is 4.79 Å². The summed E-state index contributed by atoms with van der Waals surface area (Å²) in [5.74, 6) is 0. The fourth-order valence-electron chi connectivity index (χ4n) is 2.64. The molecule has 136 valence electrons. The zero-order valence-corrected chi connectivity index (χ0v) is 15.7. The molecule has 1 unspecified atom stereocenters. The fourth-order valence-corrected chi connectivity index (χ4v) is 2.83. The molecule has 1 aromatic heterocycles. The van der Waals surface area contributed by atoms with Crippen molar-refractivity contribution in [2.75, 3.05) is 20.3 Å². The summed E-state index contributed by atoms with van der Waals surface area (Å²) in [4.78, 5) is 14.5. The maximum atomic E-state index is 12.8. The Bertz CT molecular complexity index is 689. The Morgan fingerprint density at radius 1 is 1.40 bits per heavy atom. The first-order chi connectivity index (χ1) is 12.1. The van der Waals surface area contributed by atoms with Crippen LogP contribution in [-0.4, -0.2) is 41.0 Å². The number of benzene rings is 1.